The number of amides is 1. The molecule has 0 bridgehead atoms. The standard InChI is InChI=1S/C20H39NO/c1-2-3-4-5-6-7-8-9-10-11-12-14-17-20(22)21-18-15-13-16-19-21/h2-19H2,1H3. The maximum absolute atomic E-state index is 12.0. The highest BCUT2D eigenvalue weighted by Gasteiger charge is 2.15. The molecule has 1 heterocycles. The van der Waals surface area contributed by atoms with Crippen LogP contribution in [0.25, 0.3) is 0 Å². The molecule has 0 N–H and O–H groups in total. The molecule has 2 heteroatoms. The zero-order valence-corrected chi connectivity index (χ0v) is 15.1. The number of hydrogen-bond donors (Lipinski definition) is 0. The molecule has 0 aliphatic carbocycles. The fourth-order valence-electron chi connectivity index (χ4n) is 3.42. The number of likely N-dealkylation sites (tertiary alicyclic amines) is 1. The van der Waals surface area contributed by atoms with Crippen LogP contribution in [0, 0.1) is 0 Å². The Hall–Kier alpha value is -0.530. The highest BCUT2D eigenvalue weighted by atomic mass is 16.2. The molecular weight excluding hydrogens is 270 g/mol. The Morgan fingerprint density at radius 3 is 1.64 bits per heavy atom. The van der Waals surface area contributed by atoms with Crippen LogP contribution in [-0.2, 0) is 4.79 Å². The number of unbranched alkanes of at least 4 members (excludes halogenated alkanes) is 11. The monoisotopic (exact) mass is 309 g/mol. The number of nitrogens with zero attached hydrogens (tertiary/aromatic N) is 1. The third-order valence-corrected chi connectivity index (χ3v) is 4.95. The topological polar surface area (TPSA) is 20.3 Å². The minimum atomic E-state index is 0.409. The van der Waals surface area contributed by atoms with Crippen molar-refractivity contribution >= 4 is 5.91 Å². The molecule has 1 aliphatic heterocycles. The molecule has 1 amide bonds. The summed E-state index contributed by atoms with van der Waals surface area (Å²) in [5.41, 5.74) is 0. The average molecular weight is 310 g/mol. The van der Waals surface area contributed by atoms with Crippen LogP contribution in [0.15, 0.2) is 0 Å². The summed E-state index contributed by atoms with van der Waals surface area (Å²) < 4.78 is 0. The normalized spacial score (nSPS) is 15.2. The predicted molar refractivity (Wildman–Crippen MR) is 96.1 cm³/mol. The maximum Gasteiger partial charge on any atom is 0.222 e. The van der Waals surface area contributed by atoms with Crippen LogP contribution in [0.3, 0.4) is 0 Å². The molecule has 0 unspecified atom stereocenters. The molecule has 130 valence electrons. The van der Waals surface area contributed by atoms with Crippen LogP contribution < -0.4 is 0 Å². The van der Waals surface area contributed by atoms with Crippen molar-refractivity contribution in [2.45, 2.75) is 110 Å². The van der Waals surface area contributed by atoms with E-state index in [0.29, 0.717) is 5.91 Å². The van der Waals surface area contributed by atoms with Crippen LogP contribution in [0.2, 0.25) is 0 Å². The van der Waals surface area contributed by atoms with Gasteiger partial charge in [-0.15, -0.1) is 0 Å². The summed E-state index contributed by atoms with van der Waals surface area (Å²) >= 11 is 0. The number of rotatable bonds is 13. The molecule has 1 fully saturated rings. The molecule has 0 atom stereocenters. The number of carbonyl (C=O) groups is 1. The molecule has 0 aromatic heterocycles. The van der Waals surface area contributed by atoms with E-state index in [9.17, 15) is 4.79 Å². The first-order valence-electron chi connectivity index (χ1n) is 10.1. The van der Waals surface area contributed by atoms with E-state index < -0.39 is 0 Å². The Bertz CT molecular complexity index is 258. The summed E-state index contributed by atoms with van der Waals surface area (Å²) in [6.45, 7) is 4.30. The summed E-state index contributed by atoms with van der Waals surface area (Å²) in [4.78, 5) is 14.1. The van der Waals surface area contributed by atoms with Gasteiger partial charge >= 0.3 is 0 Å². The van der Waals surface area contributed by atoms with E-state index in [1.165, 1.54) is 89.9 Å². The lowest BCUT2D eigenvalue weighted by Crippen LogP contribution is -2.35. The van der Waals surface area contributed by atoms with Gasteiger partial charge in [0.1, 0.15) is 0 Å². The molecule has 1 rings (SSSR count). The van der Waals surface area contributed by atoms with Crippen LogP contribution >= 0.6 is 0 Å². The van der Waals surface area contributed by atoms with Crippen LogP contribution in [0.1, 0.15) is 110 Å². The van der Waals surface area contributed by atoms with Crippen molar-refractivity contribution in [2.24, 2.45) is 0 Å². The van der Waals surface area contributed by atoms with Crippen LogP contribution in [0.4, 0.5) is 0 Å². The third-order valence-electron chi connectivity index (χ3n) is 4.95. The lowest BCUT2D eigenvalue weighted by Gasteiger charge is -2.26. The molecule has 22 heavy (non-hydrogen) atoms. The number of hydrogen-bond acceptors (Lipinski definition) is 1. The SMILES string of the molecule is CCCCCCCCCCCCCCC(=O)N1CCCCC1. The molecule has 0 radical (unpaired) electrons. The zero-order valence-electron chi connectivity index (χ0n) is 15.1. The van der Waals surface area contributed by atoms with Crippen molar-refractivity contribution in [3.8, 4) is 0 Å². The molecule has 0 spiro atoms. The number of piperidine rings is 1. The van der Waals surface area contributed by atoms with Gasteiger partial charge in [-0.3, -0.25) is 4.79 Å². The van der Waals surface area contributed by atoms with E-state index in [1.54, 1.807) is 0 Å². The molecule has 2 nitrogen and oxygen atoms in total. The number of carbonyl (C=O) groups excluding carboxylic acids is 1. The van der Waals surface area contributed by atoms with Crippen molar-refractivity contribution in [3.63, 3.8) is 0 Å². The lowest BCUT2D eigenvalue weighted by molar-refractivity contribution is -0.132. The maximum atomic E-state index is 12.0. The molecule has 1 saturated heterocycles. The summed E-state index contributed by atoms with van der Waals surface area (Å²) in [6, 6.07) is 0. The second kappa shape index (κ2) is 14.1. The fraction of sp³-hybridized carbons (Fsp3) is 0.950. The van der Waals surface area contributed by atoms with Crippen molar-refractivity contribution in [1.29, 1.82) is 0 Å². The van der Waals surface area contributed by atoms with E-state index >= 15 is 0 Å². The van der Waals surface area contributed by atoms with Gasteiger partial charge in [-0.25, -0.2) is 0 Å². The summed E-state index contributed by atoms with van der Waals surface area (Å²) in [5, 5.41) is 0. The van der Waals surface area contributed by atoms with Gasteiger partial charge in [0, 0.05) is 19.5 Å². The molecule has 0 saturated carbocycles. The lowest BCUT2D eigenvalue weighted by atomic mass is 10.0. The van der Waals surface area contributed by atoms with Gasteiger partial charge in [-0.05, 0) is 25.7 Å². The molecule has 1 aliphatic rings. The fourth-order valence-corrected chi connectivity index (χ4v) is 3.42. The average Bonchev–Trinajstić information content (AvgIpc) is 2.56. The first-order chi connectivity index (χ1) is 10.8. The van der Waals surface area contributed by atoms with Gasteiger partial charge < -0.3 is 4.90 Å². The second-order valence-electron chi connectivity index (χ2n) is 7.08. The molecular formula is C20H39NO. The van der Waals surface area contributed by atoms with E-state index in [-0.39, 0.29) is 0 Å². The Kier molecular flexibility index (Phi) is 12.5. The van der Waals surface area contributed by atoms with E-state index in [1.807, 2.05) is 0 Å². The molecule has 0 aromatic rings. The first kappa shape index (κ1) is 19.5. The Morgan fingerprint density at radius 1 is 0.682 bits per heavy atom. The van der Waals surface area contributed by atoms with E-state index in [4.69, 9.17) is 0 Å². The highest BCUT2D eigenvalue weighted by Crippen LogP contribution is 2.14. The third kappa shape index (κ3) is 10.2. The van der Waals surface area contributed by atoms with Gasteiger partial charge in [0.25, 0.3) is 0 Å². The van der Waals surface area contributed by atoms with Gasteiger partial charge in [0.15, 0.2) is 0 Å². The summed E-state index contributed by atoms with van der Waals surface area (Å²) in [7, 11) is 0. The summed E-state index contributed by atoms with van der Waals surface area (Å²) in [5.74, 6) is 0.409. The van der Waals surface area contributed by atoms with E-state index in [0.717, 1.165) is 25.9 Å². The summed E-state index contributed by atoms with van der Waals surface area (Å²) in [6.07, 6.45) is 20.9. The predicted octanol–water partition coefficient (Wildman–Crippen LogP) is 6.09. The Labute approximate surface area is 139 Å². The van der Waals surface area contributed by atoms with Crippen molar-refractivity contribution in [3.05, 3.63) is 0 Å². The Balaban J connectivity index is 1.78. The van der Waals surface area contributed by atoms with Crippen molar-refractivity contribution < 1.29 is 4.79 Å². The minimum absolute atomic E-state index is 0.409. The zero-order chi connectivity index (χ0) is 15.9. The van der Waals surface area contributed by atoms with Gasteiger partial charge in [-0.1, -0.05) is 77.6 Å². The van der Waals surface area contributed by atoms with Crippen molar-refractivity contribution in [1.82, 2.24) is 4.90 Å². The smallest absolute Gasteiger partial charge is 0.222 e. The quantitative estimate of drug-likeness (QED) is 0.377. The highest BCUT2D eigenvalue weighted by molar-refractivity contribution is 5.76. The molecule has 0 aromatic carbocycles. The second-order valence-corrected chi connectivity index (χ2v) is 7.08. The first-order valence-corrected chi connectivity index (χ1v) is 10.1. The Morgan fingerprint density at radius 2 is 1.14 bits per heavy atom. The van der Waals surface area contributed by atoms with E-state index in [2.05, 4.69) is 11.8 Å². The van der Waals surface area contributed by atoms with Crippen LogP contribution in [0.5, 0.6) is 0 Å². The van der Waals surface area contributed by atoms with Crippen LogP contribution in [-0.4, -0.2) is 23.9 Å². The largest absolute Gasteiger partial charge is 0.343 e. The minimum Gasteiger partial charge on any atom is -0.343 e. The van der Waals surface area contributed by atoms with Gasteiger partial charge in [0.05, 0.1) is 0 Å². The van der Waals surface area contributed by atoms with Gasteiger partial charge in [0.2, 0.25) is 5.91 Å². The van der Waals surface area contributed by atoms with Crippen molar-refractivity contribution in [2.75, 3.05) is 13.1 Å². The van der Waals surface area contributed by atoms with Gasteiger partial charge in [-0.2, -0.15) is 0 Å².